The lowest BCUT2D eigenvalue weighted by Gasteiger charge is -2.33. The molecule has 3 rings (SSSR count). The highest BCUT2D eigenvalue weighted by Gasteiger charge is 2.33. The number of ether oxygens (including phenoxy) is 1. The SMILES string of the molecule is CCCCCC(C)C(C)c1cc(O)c2c(c1)OC(C)(C)C=C2c1ccc(C(F)(F)F)cc1. The molecule has 32 heavy (non-hydrogen) atoms. The van der Waals surface area contributed by atoms with Crippen LogP contribution in [-0.2, 0) is 6.18 Å². The molecule has 1 heterocycles. The summed E-state index contributed by atoms with van der Waals surface area (Å²) in [6.45, 7) is 10.4. The van der Waals surface area contributed by atoms with Gasteiger partial charge in [0.15, 0.2) is 0 Å². The number of aromatic hydroxyl groups is 1. The molecule has 0 spiro atoms. The average molecular weight is 447 g/mol. The second kappa shape index (κ2) is 9.21. The largest absolute Gasteiger partial charge is 0.507 e. The number of hydrogen-bond donors (Lipinski definition) is 1. The van der Waals surface area contributed by atoms with Crippen molar-refractivity contribution in [3.8, 4) is 11.5 Å². The molecule has 1 N–H and O–H groups in total. The number of unbranched alkanes of at least 4 members (excludes halogenated alkanes) is 2. The number of halogens is 3. The van der Waals surface area contributed by atoms with Gasteiger partial charge in [-0.3, -0.25) is 0 Å². The zero-order valence-corrected chi connectivity index (χ0v) is 19.5. The van der Waals surface area contributed by atoms with E-state index < -0.39 is 17.3 Å². The topological polar surface area (TPSA) is 29.5 Å². The number of phenols is 1. The summed E-state index contributed by atoms with van der Waals surface area (Å²) in [6.07, 6.45) is 2.17. The normalized spacial score (nSPS) is 17.2. The molecule has 2 atom stereocenters. The smallest absolute Gasteiger partial charge is 0.416 e. The highest BCUT2D eigenvalue weighted by molar-refractivity contribution is 5.88. The van der Waals surface area contributed by atoms with Crippen LogP contribution in [0, 0.1) is 5.92 Å². The fourth-order valence-electron chi connectivity index (χ4n) is 4.33. The van der Waals surface area contributed by atoms with E-state index in [1.807, 2.05) is 26.0 Å². The van der Waals surface area contributed by atoms with Crippen molar-refractivity contribution >= 4 is 5.57 Å². The lowest BCUT2D eigenvalue weighted by molar-refractivity contribution is -0.137. The van der Waals surface area contributed by atoms with Crippen molar-refractivity contribution in [2.45, 2.75) is 78.0 Å². The zero-order valence-electron chi connectivity index (χ0n) is 19.5. The van der Waals surface area contributed by atoms with Crippen molar-refractivity contribution in [3.63, 3.8) is 0 Å². The molecule has 5 heteroatoms. The van der Waals surface area contributed by atoms with Gasteiger partial charge in [-0.1, -0.05) is 58.6 Å². The fraction of sp³-hybridized carbons (Fsp3) is 0.481. The Labute approximate surface area is 189 Å². The van der Waals surface area contributed by atoms with Crippen LogP contribution >= 0.6 is 0 Å². The van der Waals surface area contributed by atoms with E-state index in [9.17, 15) is 18.3 Å². The number of alkyl halides is 3. The maximum Gasteiger partial charge on any atom is 0.416 e. The van der Waals surface area contributed by atoms with E-state index in [-0.39, 0.29) is 11.7 Å². The van der Waals surface area contributed by atoms with Gasteiger partial charge in [-0.2, -0.15) is 13.2 Å². The number of fused-ring (bicyclic) bond motifs is 1. The molecule has 174 valence electrons. The molecule has 0 amide bonds. The first-order chi connectivity index (χ1) is 14.9. The Morgan fingerprint density at radius 2 is 1.69 bits per heavy atom. The second-order valence-corrected chi connectivity index (χ2v) is 9.51. The van der Waals surface area contributed by atoms with E-state index in [0.29, 0.717) is 28.4 Å². The predicted molar refractivity (Wildman–Crippen MR) is 123 cm³/mol. The lowest BCUT2D eigenvalue weighted by atomic mass is 9.83. The monoisotopic (exact) mass is 446 g/mol. The van der Waals surface area contributed by atoms with Crippen LogP contribution in [0.2, 0.25) is 0 Å². The van der Waals surface area contributed by atoms with E-state index in [4.69, 9.17) is 4.74 Å². The van der Waals surface area contributed by atoms with Gasteiger partial charge in [0, 0.05) is 0 Å². The molecule has 0 aliphatic carbocycles. The van der Waals surface area contributed by atoms with Crippen LogP contribution in [0.25, 0.3) is 5.57 Å². The summed E-state index contributed by atoms with van der Waals surface area (Å²) in [5, 5.41) is 11.0. The minimum Gasteiger partial charge on any atom is -0.507 e. The molecular formula is C27H33F3O2. The summed E-state index contributed by atoms with van der Waals surface area (Å²) in [6, 6.07) is 8.80. The van der Waals surface area contributed by atoms with Gasteiger partial charge >= 0.3 is 6.18 Å². The number of benzene rings is 2. The van der Waals surface area contributed by atoms with Crippen LogP contribution in [0.5, 0.6) is 11.5 Å². The highest BCUT2D eigenvalue weighted by Crippen LogP contribution is 2.46. The molecule has 0 bridgehead atoms. The minimum atomic E-state index is -4.39. The molecule has 1 aliphatic heterocycles. The van der Waals surface area contributed by atoms with Crippen molar-refractivity contribution in [3.05, 3.63) is 64.7 Å². The van der Waals surface area contributed by atoms with E-state index in [0.717, 1.165) is 24.1 Å². The van der Waals surface area contributed by atoms with Crippen molar-refractivity contribution in [1.29, 1.82) is 0 Å². The van der Waals surface area contributed by atoms with Gasteiger partial charge in [-0.25, -0.2) is 0 Å². The highest BCUT2D eigenvalue weighted by atomic mass is 19.4. The van der Waals surface area contributed by atoms with Gasteiger partial charge in [-0.15, -0.1) is 0 Å². The molecule has 2 nitrogen and oxygen atoms in total. The van der Waals surface area contributed by atoms with E-state index in [2.05, 4.69) is 20.8 Å². The fourth-order valence-corrected chi connectivity index (χ4v) is 4.33. The van der Waals surface area contributed by atoms with Crippen molar-refractivity contribution < 1.29 is 23.0 Å². The molecule has 2 unspecified atom stereocenters. The van der Waals surface area contributed by atoms with Crippen molar-refractivity contribution in [2.24, 2.45) is 5.92 Å². The molecule has 2 aromatic rings. The number of rotatable bonds is 7. The summed E-state index contributed by atoms with van der Waals surface area (Å²) in [5.41, 5.74) is 1.47. The summed E-state index contributed by atoms with van der Waals surface area (Å²) in [4.78, 5) is 0. The van der Waals surface area contributed by atoms with Gasteiger partial charge in [0.2, 0.25) is 0 Å². The molecule has 2 aromatic carbocycles. The van der Waals surface area contributed by atoms with Crippen molar-refractivity contribution in [1.82, 2.24) is 0 Å². The molecule has 0 saturated heterocycles. The Hall–Kier alpha value is -2.43. The predicted octanol–water partition coefficient (Wildman–Crippen LogP) is 8.33. The first kappa shape index (κ1) is 24.2. The average Bonchev–Trinajstić information content (AvgIpc) is 2.71. The van der Waals surface area contributed by atoms with Crippen LogP contribution in [-0.4, -0.2) is 10.7 Å². The van der Waals surface area contributed by atoms with Crippen LogP contribution < -0.4 is 4.74 Å². The van der Waals surface area contributed by atoms with Gasteiger partial charge in [0.25, 0.3) is 0 Å². The third-order valence-electron chi connectivity index (χ3n) is 6.40. The summed E-state index contributed by atoms with van der Waals surface area (Å²) >= 11 is 0. The standard InChI is InChI=1S/C27H33F3O2/c1-6-7-8-9-17(2)18(3)20-14-23(31)25-22(16-26(4,5)32-24(25)15-20)19-10-12-21(13-11-19)27(28,29)30/h10-18,31H,6-9H2,1-5H3. The molecule has 0 aromatic heterocycles. The van der Waals surface area contributed by atoms with Crippen molar-refractivity contribution in [2.75, 3.05) is 0 Å². The third kappa shape index (κ3) is 5.31. The maximum atomic E-state index is 13.0. The summed E-state index contributed by atoms with van der Waals surface area (Å²) < 4.78 is 45.2. The van der Waals surface area contributed by atoms with Gasteiger partial charge in [0.1, 0.15) is 17.1 Å². The molecular weight excluding hydrogens is 413 g/mol. The van der Waals surface area contributed by atoms with Crippen LogP contribution in [0.3, 0.4) is 0 Å². The molecule has 0 fully saturated rings. The Balaban J connectivity index is 1.98. The first-order valence-electron chi connectivity index (χ1n) is 11.4. The minimum absolute atomic E-state index is 0.0896. The summed E-state index contributed by atoms with van der Waals surface area (Å²) in [7, 11) is 0. The Bertz CT molecular complexity index is 972. The third-order valence-corrected chi connectivity index (χ3v) is 6.40. The van der Waals surface area contributed by atoms with E-state index in [1.165, 1.54) is 31.4 Å². The maximum absolute atomic E-state index is 13.0. The quantitative estimate of drug-likeness (QED) is 0.433. The number of hydrogen-bond acceptors (Lipinski definition) is 2. The first-order valence-corrected chi connectivity index (χ1v) is 11.4. The summed E-state index contributed by atoms with van der Waals surface area (Å²) in [5.74, 6) is 1.36. The van der Waals surface area contributed by atoms with Gasteiger partial charge < -0.3 is 9.84 Å². The Morgan fingerprint density at radius 3 is 2.28 bits per heavy atom. The molecule has 1 aliphatic rings. The Kier molecular flexibility index (Phi) is 6.97. The van der Waals surface area contributed by atoms with Crippen LogP contribution in [0.15, 0.2) is 42.5 Å². The molecule has 0 saturated carbocycles. The number of phenolic OH excluding ortho intramolecular Hbond substituents is 1. The van der Waals surface area contributed by atoms with Crippen LogP contribution in [0.1, 0.15) is 88.5 Å². The Morgan fingerprint density at radius 1 is 1.03 bits per heavy atom. The molecule has 0 radical (unpaired) electrons. The van der Waals surface area contributed by atoms with Gasteiger partial charge in [-0.05, 0) is 72.7 Å². The lowest BCUT2D eigenvalue weighted by Crippen LogP contribution is -2.29. The van der Waals surface area contributed by atoms with E-state index >= 15 is 0 Å². The zero-order chi connectivity index (χ0) is 23.7. The second-order valence-electron chi connectivity index (χ2n) is 9.51. The van der Waals surface area contributed by atoms with E-state index in [1.54, 1.807) is 6.07 Å². The van der Waals surface area contributed by atoms with Crippen LogP contribution in [0.4, 0.5) is 13.2 Å². The van der Waals surface area contributed by atoms with Gasteiger partial charge in [0.05, 0.1) is 11.1 Å².